The van der Waals surface area contributed by atoms with Gasteiger partial charge in [0.05, 0.1) is 17.5 Å². The van der Waals surface area contributed by atoms with Crippen LogP contribution in [0.25, 0.3) is 0 Å². The highest BCUT2D eigenvalue weighted by molar-refractivity contribution is 5.97. The van der Waals surface area contributed by atoms with Crippen LogP contribution in [0.5, 0.6) is 0 Å². The van der Waals surface area contributed by atoms with E-state index in [-0.39, 0.29) is 11.4 Å². The van der Waals surface area contributed by atoms with Crippen LogP contribution in [0.1, 0.15) is 30.9 Å². The van der Waals surface area contributed by atoms with E-state index < -0.39 is 46.3 Å². The number of allylic oxidation sites excluding steroid dienone is 2. The van der Waals surface area contributed by atoms with Crippen molar-refractivity contribution < 1.29 is 33.0 Å². The van der Waals surface area contributed by atoms with E-state index in [1.165, 1.54) is 19.9 Å². The van der Waals surface area contributed by atoms with Crippen LogP contribution in [0, 0.1) is 0 Å². The van der Waals surface area contributed by atoms with Gasteiger partial charge in [0, 0.05) is 28.5 Å². The fourth-order valence-corrected chi connectivity index (χ4v) is 2.85. The second-order valence-corrected chi connectivity index (χ2v) is 5.30. The first-order chi connectivity index (χ1) is 11.1. The van der Waals surface area contributed by atoms with Gasteiger partial charge >= 0.3 is 6.18 Å². The van der Waals surface area contributed by atoms with Crippen LogP contribution in [0.3, 0.4) is 0 Å². The van der Waals surface area contributed by atoms with E-state index in [1.54, 1.807) is 0 Å². The number of hydrogen-bond donors (Lipinski definition) is 1. The molecular weight excluding hydrogens is 327 g/mol. The van der Waals surface area contributed by atoms with Crippen molar-refractivity contribution >= 4 is 11.9 Å². The number of alkyl halides is 3. The highest BCUT2D eigenvalue weighted by atomic mass is 19.4. The molecule has 1 aromatic rings. The zero-order valence-corrected chi connectivity index (χ0v) is 12.7. The number of carboxylic acid groups (broad SMARTS) is 2. The molecule has 0 atom stereocenters. The third-order valence-electron chi connectivity index (χ3n) is 3.78. The number of benzene rings is 1. The smallest absolute Gasteiger partial charge is 0.416 e. The van der Waals surface area contributed by atoms with Gasteiger partial charge in [0.15, 0.2) is 0 Å². The number of hydrogen-bond acceptors (Lipinski definition) is 5. The topological polar surface area (TPSA) is 92.3 Å². The first-order valence-electron chi connectivity index (χ1n) is 6.83. The second-order valence-electron chi connectivity index (χ2n) is 5.30. The van der Waals surface area contributed by atoms with Crippen LogP contribution >= 0.6 is 0 Å². The van der Waals surface area contributed by atoms with Gasteiger partial charge in [-0.25, -0.2) is 0 Å². The fraction of sp³-hybridized carbons (Fsp3) is 0.250. The molecule has 1 heterocycles. The lowest BCUT2D eigenvalue weighted by atomic mass is 9.78. The Morgan fingerprint density at radius 1 is 1.00 bits per heavy atom. The number of halogens is 3. The standard InChI is InChI=1S/C16H14F3NO4/c1-7-11(14(21)22)13(12(15(23)24)8(2)20-7)9-5-3-4-6-10(9)16(17,18)19/h3-6,13,20H,1-2H3,(H,21,22)(H,23,24)/p-2. The van der Waals surface area contributed by atoms with E-state index in [9.17, 15) is 33.0 Å². The van der Waals surface area contributed by atoms with Crippen molar-refractivity contribution in [3.05, 3.63) is 57.9 Å². The average molecular weight is 339 g/mol. The quantitative estimate of drug-likeness (QED) is 0.863. The van der Waals surface area contributed by atoms with Crippen molar-refractivity contribution in [3.8, 4) is 0 Å². The van der Waals surface area contributed by atoms with Crippen molar-refractivity contribution in [1.82, 2.24) is 5.32 Å². The average Bonchev–Trinajstić information content (AvgIpc) is 2.44. The van der Waals surface area contributed by atoms with Gasteiger partial charge in [-0.3, -0.25) is 0 Å². The molecule has 0 saturated heterocycles. The Morgan fingerprint density at radius 3 is 1.88 bits per heavy atom. The minimum absolute atomic E-state index is 0.0134. The summed E-state index contributed by atoms with van der Waals surface area (Å²) in [6.07, 6.45) is -4.78. The van der Waals surface area contributed by atoms with Gasteiger partial charge in [-0.05, 0) is 25.5 Å². The second kappa shape index (κ2) is 6.03. The van der Waals surface area contributed by atoms with Crippen LogP contribution in [0.2, 0.25) is 0 Å². The lowest BCUT2D eigenvalue weighted by Crippen LogP contribution is -2.40. The Morgan fingerprint density at radius 2 is 1.46 bits per heavy atom. The molecule has 0 spiro atoms. The predicted octanol–water partition coefficient (Wildman–Crippen LogP) is 0.440. The van der Waals surface area contributed by atoms with Crippen LogP contribution < -0.4 is 15.5 Å². The third kappa shape index (κ3) is 2.99. The molecule has 128 valence electrons. The molecule has 0 bridgehead atoms. The predicted molar refractivity (Wildman–Crippen MR) is 72.7 cm³/mol. The number of aliphatic carboxylic acids is 2. The van der Waals surface area contributed by atoms with Crippen molar-refractivity contribution in [2.45, 2.75) is 25.9 Å². The van der Waals surface area contributed by atoms with Crippen LogP contribution in [-0.2, 0) is 15.8 Å². The monoisotopic (exact) mass is 339 g/mol. The molecule has 0 aliphatic carbocycles. The third-order valence-corrected chi connectivity index (χ3v) is 3.78. The molecule has 2 rings (SSSR count). The summed E-state index contributed by atoms with van der Waals surface area (Å²) in [6, 6.07) is 4.22. The number of carboxylic acids is 2. The summed E-state index contributed by atoms with van der Waals surface area (Å²) in [6.45, 7) is 2.65. The minimum Gasteiger partial charge on any atom is -0.545 e. The lowest BCUT2D eigenvalue weighted by molar-refractivity contribution is -0.300. The Bertz CT molecular complexity index is 742. The molecule has 5 nitrogen and oxygen atoms in total. The molecular formula is C16H12F3NO4-2. The summed E-state index contributed by atoms with van der Waals surface area (Å²) >= 11 is 0. The molecule has 0 unspecified atom stereocenters. The zero-order chi connectivity index (χ0) is 18.2. The number of dihydropyridines is 1. The summed E-state index contributed by atoms with van der Waals surface area (Å²) in [5, 5.41) is 25.5. The molecule has 8 heteroatoms. The summed E-state index contributed by atoms with van der Waals surface area (Å²) in [5.74, 6) is -5.17. The van der Waals surface area contributed by atoms with E-state index in [4.69, 9.17) is 0 Å². The molecule has 24 heavy (non-hydrogen) atoms. The highest BCUT2D eigenvalue weighted by Gasteiger charge is 2.39. The normalized spacial score (nSPS) is 16.2. The van der Waals surface area contributed by atoms with Crippen LogP contribution in [-0.4, -0.2) is 11.9 Å². The van der Waals surface area contributed by atoms with Gasteiger partial charge in [0.1, 0.15) is 0 Å². The SMILES string of the molecule is CC1=C(C(=O)[O-])C(c2ccccc2C(F)(F)F)C(C(=O)[O-])=C(C)N1. The van der Waals surface area contributed by atoms with Crippen molar-refractivity contribution in [1.29, 1.82) is 0 Å². The van der Waals surface area contributed by atoms with Crippen molar-refractivity contribution in [2.75, 3.05) is 0 Å². The molecule has 0 amide bonds. The van der Waals surface area contributed by atoms with Crippen molar-refractivity contribution in [3.63, 3.8) is 0 Å². The fourth-order valence-electron chi connectivity index (χ4n) is 2.85. The molecule has 0 radical (unpaired) electrons. The molecule has 1 N–H and O–H groups in total. The molecule has 0 aromatic heterocycles. The minimum atomic E-state index is -4.78. The summed E-state index contributed by atoms with van der Waals surface area (Å²) < 4.78 is 39.8. The van der Waals surface area contributed by atoms with Gasteiger partial charge in [-0.1, -0.05) is 18.2 Å². The van der Waals surface area contributed by atoms with Gasteiger partial charge < -0.3 is 25.1 Å². The number of carbonyl (C=O) groups is 2. The van der Waals surface area contributed by atoms with E-state index in [0.717, 1.165) is 18.2 Å². The first kappa shape index (κ1) is 17.6. The maximum atomic E-state index is 13.3. The van der Waals surface area contributed by atoms with Crippen molar-refractivity contribution in [2.24, 2.45) is 0 Å². The van der Waals surface area contributed by atoms with Crippen LogP contribution in [0.15, 0.2) is 46.8 Å². The van der Waals surface area contributed by atoms with Gasteiger partial charge in [-0.2, -0.15) is 13.2 Å². The summed E-state index contributed by atoms with van der Waals surface area (Å²) in [4.78, 5) is 22.9. The van der Waals surface area contributed by atoms with E-state index in [1.807, 2.05) is 0 Å². The molecule has 1 aliphatic heterocycles. The summed E-state index contributed by atoms with van der Waals surface area (Å²) in [7, 11) is 0. The van der Waals surface area contributed by atoms with Gasteiger partial charge in [-0.15, -0.1) is 0 Å². The highest BCUT2D eigenvalue weighted by Crippen LogP contribution is 2.43. The van der Waals surface area contributed by atoms with Crippen LogP contribution in [0.4, 0.5) is 13.2 Å². The maximum Gasteiger partial charge on any atom is 0.416 e. The zero-order valence-electron chi connectivity index (χ0n) is 12.7. The number of nitrogens with one attached hydrogen (secondary N) is 1. The maximum absolute atomic E-state index is 13.3. The number of rotatable bonds is 3. The van der Waals surface area contributed by atoms with Gasteiger partial charge in [0.2, 0.25) is 0 Å². The Hall–Kier alpha value is -2.77. The largest absolute Gasteiger partial charge is 0.545 e. The molecule has 0 fully saturated rings. The van der Waals surface area contributed by atoms with E-state index in [2.05, 4.69) is 5.32 Å². The Kier molecular flexibility index (Phi) is 4.42. The Labute approximate surface area is 135 Å². The molecule has 0 saturated carbocycles. The van der Waals surface area contributed by atoms with E-state index in [0.29, 0.717) is 0 Å². The van der Waals surface area contributed by atoms with Gasteiger partial charge in [0.25, 0.3) is 0 Å². The lowest BCUT2D eigenvalue weighted by Gasteiger charge is -2.34. The van der Waals surface area contributed by atoms with E-state index >= 15 is 0 Å². The molecule has 1 aliphatic rings. The Balaban J connectivity index is 2.82. The number of carbonyl (C=O) groups excluding carboxylic acids is 2. The summed E-state index contributed by atoms with van der Waals surface area (Å²) in [5.41, 5.74) is -2.72. The molecule has 1 aromatic carbocycles. The first-order valence-corrected chi connectivity index (χ1v) is 6.83.